The van der Waals surface area contributed by atoms with Crippen molar-refractivity contribution < 1.29 is 0 Å². The normalized spacial score (nSPS) is 10.5. The number of aryl methyl sites for hydroxylation is 2. The highest BCUT2D eigenvalue weighted by Gasteiger charge is 2.03. The lowest BCUT2D eigenvalue weighted by atomic mass is 10.3. The minimum atomic E-state index is 0.863. The van der Waals surface area contributed by atoms with E-state index in [2.05, 4.69) is 51.5 Å². The van der Waals surface area contributed by atoms with Crippen LogP contribution >= 0.6 is 15.9 Å². The van der Waals surface area contributed by atoms with Crippen LogP contribution in [-0.2, 0) is 0 Å². The third-order valence-corrected chi connectivity index (χ3v) is 2.67. The summed E-state index contributed by atoms with van der Waals surface area (Å²) in [6.45, 7) is 4.20. The Balaban J connectivity index is 2.59. The van der Waals surface area contributed by atoms with Crippen molar-refractivity contribution in [1.29, 1.82) is 0 Å². The molecule has 2 aromatic heterocycles. The zero-order valence-electron chi connectivity index (χ0n) is 8.16. The monoisotopic (exact) mass is 250 g/mol. The molecule has 0 saturated carbocycles. The van der Waals surface area contributed by atoms with Gasteiger partial charge in [-0.15, -0.1) is 0 Å². The third kappa shape index (κ3) is 1.60. The molecule has 0 radical (unpaired) electrons. The van der Waals surface area contributed by atoms with E-state index in [-0.39, 0.29) is 0 Å². The Bertz CT molecular complexity index is 441. The predicted molar refractivity (Wildman–Crippen MR) is 60.7 cm³/mol. The average Bonchev–Trinajstić information content (AvgIpc) is 2.46. The second kappa shape index (κ2) is 3.58. The summed E-state index contributed by atoms with van der Waals surface area (Å²) in [6, 6.07) is 8.25. The first-order chi connectivity index (χ1) is 6.68. The van der Waals surface area contributed by atoms with Crippen molar-refractivity contribution in [3.8, 4) is 5.69 Å². The van der Waals surface area contributed by atoms with Gasteiger partial charge in [-0.1, -0.05) is 0 Å². The van der Waals surface area contributed by atoms with Crippen LogP contribution in [0.4, 0.5) is 0 Å². The Kier molecular flexibility index (Phi) is 2.42. The fourth-order valence-corrected chi connectivity index (χ4v) is 1.96. The van der Waals surface area contributed by atoms with Crippen LogP contribution < -0.4 is 0 Å². The molecule has 0 aromatic carbocycles. The Labute approximate surface area is 91.7 Å². The largest absolute Gasteiger partial charge is 0.318 e. The van der Waals surface area contributed by atoms with Crippen LogP contribution in [0.15, 0.2) is 35.1 Å². The number of rotatable bonds is 1. The molecule has 72 valence electrons. The van der Waals surface area contributed by atoms with Crippen molar-refractivity contribution in [2.75, 3.05) is 0 Å². The van der Waals surface area contributed by atoms with Crippen LogP contribution in [0.5, 0.6) is 0 Å². The van der Waals surface area contributed by atoms with E-state index in [4.69, 9.17) is 0 Å². The Hall–Kier alpha value is -1.09. The number of hydrogen-bond donors (Lipinski definition) is 0. The van der Waals surface area contributed by atoms with E-state index >= 15 is 0 Å². The molecule has 0 aliphatic heterocycles. The molecule has 0 amide bonds. The maximum absolute atomic E-state index is 4.11. The van der Waals surface area contributed by atoms with E-state index in [9.17, 15) is 0 Å². The van der Waals surface area contributed by atoms with Crippen molar-refractivity contribution >= 4 is 15.9 Å². The van der Waals surface area contributed by atoms with E-state index < -0.39 is 0 Å². The molecule has 0 saturated heterocycles. The zero-order valence-corrected chi connectivity index (χ0v) is 9.75. The molecule has 0 N–H and O–H groups in total. The number of hydrogen-bond acceptors (Lipinski definition) is 1. The van der Waals surface area contributed by atoms with E-state index in [0.717, 1.165) is 10.3 Å². The van der Waals surface area contributed by atoms with Crippen molar-refractivity contribution in [2.45, 2.75) is 13.8 Å². The quantitative estimate of drug-likeness (QED) is 0.711. The van der Waals surface area contributed by atoms with Gasteiger partial charge in [-0.2, -0.15) is 0 Å². The van der Waals surface area contributed by atoms with Gasteiger partial charge in [-0.3, -0.25) is 0 Å². The SMILES string of the molecule is Cc1ccc(C)n1-c1ccnc(Br)c1. The van der Waals surface area contributed by atoms with Gasteiger partial charge in [0, 0.05) is 23.3 Å². The predicted octanol–water partition coefficient (Wildman–Crippen LogP) is 3.25. The highest BCUT2D eigenvalue weighted by atomic mass is 79.9. The van der Waals surface area contributed by atoms with Crippen LogP contribution in [0.3, 0.4) is 0 Å². The molecule has 0 bridgehead atoms. The fourth-order valence-electron chi connectivity index (χ4n) is 1.61. The molecule has 0 aliphatic carbocycles. The molecular weight excluding hydrogens is 240 g/mol. The molecule has 14 heavy (non-hydrogen) atoms. The number of halogens is 1. The van der Waals surface area contributed by atoms with Crippen molar-refractivity contribution in [3.05, 3.63) is 46.5 Å². The summed E-state index contributed by atoms with van der Waals surface area (Å²) in [5.74, 6) is 0. The van der Waals surface area contributed by atoms with Crippen molar-refractivity contribution in [3.63, 3.8) is 0 Å². The van der Waals surface area contributed by atoms with Gasteiger partial charge < -0.3 is 4.57 Å². The average molecular weight is 251 g/mol. The third-order valence-electron chi connectivity index (χ3n) is 2.24. The number of nitrogens with zero attached hydrogens (tertiary/aromatic N) is 2. The van der Waals surface area contributed by atoms with Gasteiger partial charge in [0.1, 0.15) is 4.60 Å². The molecule has 0 unspecified atom stereocenters. The van der Waals surface area contributed by atoms with Crippen molar-refractivity contribution in [1.82, 2.24) is 9.55 Å². The molecule has 2 rings (SSSR count). The second-order valence-corrected chi connectivity index (χ2v) is 4.10. The van der Waals surface area contributed by atoms with Gasteiger partial charge in [0.15, 0.2) is 0 Å². The maximum atomic E-state index is 4.11. The summed E-state index contributed by atoms with van der Waals surface area (Å²) in [6.07, 6.45) is 1.80. The molecule has 2 nitrogen and oxygen atoms in total. The maximum Gasteiger partial charge on any atom is 0.108 e. The molecule has 0 aliphatic rings. The van der Waals surface area contributed by atoms with Gasteiger partial charge in [0.25, 0.3) is 0 Å². The van der Waals surface area contributed by atoms with Gasteiger partial charge >= 0.3 is 0 Å². The molecule has 0 atom stereocenters. The molecule has 3 heteroatoms. The number of pyridine rings is 1. The second-order valence-electron chi connectivity index (χ2n) is 3.29. The highest BCUT2D eigenvalue weighted by molar-refractivity contribution is 9.10. The minimum absolute atomic E-state index is 0.863. The Morgan fingerprint density at radius 2 is 1.79 bits per heavy atom. The topological polar surface area (TPSA) is 17.8 Å². The first kappa shape index (κ1) is 9.46. The first-order valence-corrected chi connectivity index (χ1v) is 5.24. The summed E-state index contributed by atoms with van der Waals surface area (Å²) in [4.78, 5) is 4.11. The number of aromatic nitrogens is 2. The fraction of sp³-hybridized carbons (Fsp3) is 0.182. The van der Waals surface area contributed by atoms with Crippen LogP contribution in [-0.4, -0.2) is 9.55 Å². The molecule has 2 heterocycles. The Morgan fingerprint density at radius 3 is 2.36 bits per heavy atom. The smallest absolute Gasteiger partial charge is 0.108 e. The Morgan fingerprint density at radius 1 is 1.14 bits per heavy atom. The van der Waals surface area contributed by atoms with Gasteiger partial charge in [0.2, 0.25) is 0 Å². The van der Waals surface area contributed by atoms with E-state index in [0.29, 0.717) is 0 Å². The van der Waals surface area contributed by atoms with Crippen LogP contribution in [0.2, 0.25) is 0 Å². The standard InChI is InChI=1S/C11H11BrN2/c1-8-3-4-9(2)14(8)10-5-6-13-11(12)7-10/h3-7H,1-2H3. The van der Waals surface area contributed by atoms with E-state index in [1.54, 1.807) is 6.20 Å². The zero-order chi connectivity index (χ0) is 10.1. The van der Waals surface area contributed by atoms with Crippen LogP contribution in [0.1, 0.15) is 11.4 Å². The summed E-state index contributed by atoms with van der Waals surface area (Å²) < 4.78 is 3.06. The lowest BCUT2D eigenvalue weighted by molar-refractivity contribution is 0.958. The molecular formula is C11H11BrN2. The summed E-state index contributed by atoms with van der Waals surface area (Å²) in [5, 5.41) is 0. The highest BCUT2D eigenvalue weighted by Crippen LogP contribution is 2.18. The van der Waals surface area contributed by atoms with Gasteiger partial charge in [0.05, 0.1) is 0 Å². The van der Waals surface area contributed by atoms with Crippen molar-refractivity contribution in [2.24, 2.45) is 0 Å². The molecule has 0 spiro atoms. The summed E-state index contributed by atoms with van der Waals surface area (Å²) >= 11 is 3.37. The molecule has 2 aromatic rings. The summed E-state index contributed by atoms with van der Waals surface area (Å²) in [7, 11) is 0. The molecule has 0 fully saturated rings. The summed E-state index contributed by atoms with van der Waals surface area (Å²) in [5.41, 5.74) is 3.62. The van der Waals surface area contributed by atoms with Crippen LogP contribution in [0, 0.1) is 13.8 Å². The lowest BCUT2D eigenvalue weighted by Gasteiger charge is -2.08. The first-order valence-electron chi connectivity index (χ1n) is 4.45. The van der Waals surface area contributed by atoms with Crippen LogP contribution in [0.25, 0.3) is 5.69 Å². The van der Waals surface area contributed by atoms with Gasteiger partial charge in [-0.05, 0) is 54.0 Å². The minimum Gasteiger partial charge on any atom is -0.318 e. The van der Waals surface area contributed by atoms with E-state index in [1.807, 2.05) is 12.1 Å². The lowest BCUT2D eigenvalue weighted by Crippen LogP contribution is -1.98. The van der Waals surface area contributed by atoms with E-state index in [1.165, 1.54) is 11.4 Å². The van der Waals surface area contributed by atoms with Gasteiger partial charge in [-0.25, -0.2) is 4.98 Å².